The summed E-state index contributed by atoms with van der Waals surface area (Å²) in [6.07, 6.45) is 75.2. The lowest BCUT2D eigenvalue weighted by atomic mass is 10.0. The summed E-state index contributed by atoms with van der Waals surface area (Å²) >= 11 is 0. The third-order valence-corrected chi connectivity index (χ3v) is 15.0. The van der Waals surface area contributed by atoms with Gasteiger partial charge in [0.05, 0.1) is 0 Å². The van der Waals surface area contributed by atoms with Crippen LogP contribution < -0.4 is 0 Å². The summed E-state index contributed by atoms with van der Waals surface area (Å²) in [5.41, 5.74) is 0. The van der Waals surface area contributed by atoms with Crippen molar-refractivity contribution in [2.24, 2.45) is 0 Å². The van der Waals surface area contributed by atoms with Crippen molar-refractivity contribution in [2.75, 3.05) is 13.2 Å². The summed E-state index contributed by atoms with van der Waals surface area (Å²) in [5, 5.41) is 0. The van der Waals surface area contributed by atoms with Crippen LogP contribution >= 0.6 is 0 Å². The van der Waals surface area contributed by atoms with E-state index in [0.29, 0.717) is 19.3 Å². The van der Waals surface area contributed by atoms with E-state index < -0.39 is 6.10 Å². The van der Waals surface area contributed by atoms with Crippen molar-refractivity contribution in [3.8, 4) is 0 Å². The van der Waals surface area contributed by atoms with Gasteiger partial charge in [0, 0.05) is 19.3 Å². The van der Waals surface area contributed by atoms with Crippen molar-refractivity contribution < 1.29 is 28.6 Å². The average Bonchev–Trinajstić information content (AvgIpc) is 3.39. The molecule has 1 atom stereocenters. The molecule has 430 valence electrons. The average molecular weight is 1030 g/mol. The second-order valence-corrected chi connectivity index (χ2v) is 22.4. The Morgan fingerprint density at radius 3 is 0.753 bits per heavy atom. The Morgan fingerprint density at radius 2 is 0.493 bits per heavy atom. The van der Waals surface area contributed by atoms with E-state index in [0.717, 1.165) is 64.2 Å². The van der Waals surface area contributed by atoms with E-state index in [-0.39, 0.29) is 31.1 Å². The molecule has 0 saturated carbocycles. The molecular formula is C67H126O6. The molecule has 0 rings (SSSR count). The molecule has 0 heterocycles. The number of hydrogen-bond donors (Lipinski definition) is 0. The zero-order chi connectivity index (χ0) is 52.9. The van der Waals surface area contributed by atoms with Gasteiger partial charge in [-0.15, -0.1) is 0 Å². The predicted octanol–water partition coefficient (Wildman–Crippen LogP) is 22.2. The minimum absolute atomic E-state index is 0.0656. The Bertz CT molecular complexity index is 1180. The number of esters is 3. The molecule has 6 heteroatoms. The molecule has 0 aromatic carbocycles. The maximum absolute atomic E-state index is 12.8. The Morgan fingerprint density at radius 1 is 0.274 bits per heavy atom. The van der Waals surface area contributed by atoms with Crippen LogP contribution in [0.15, 0.2) is 24.3 Å². The highest BCUT2D eigenvalue weighted by Gasteiger charge is 2.19. The standard InChI is InChI=1S/C67H126O6/c1-4-7-10-13-16-18-20-22-24-26-28-30-32-33-34-35-36-38-39-41-43-45-47-49-51-54-57-60-66(69)72-63-64(62-71-65(68)59-56-53-15-12-9-6-3)73-67(70)61-58-55-52-50-48-46-44-42-40-37-31-29-27-25-23-21-19-17-14-11-8-5-2/h20,22,26,28,64H,4-19,21,23-25,27,29-63H2,1-3H3/b22-20-,28-26-. The summed E-state index contributed by atoms with van der Waals surface area (Å²) in [6.45, 7) is 6.64. The number of allylic oxidation sites excluding steroid dienone is 4. The molecule has 0 aromatic heterocycles. The number of ether oxygens (including phenoxy) is 3. The van der Waals surface area contributed by atoms with Crippen LogP contribution in [-0.2, 0) is 28.6 Å². The Kier molecular flexibility index (Phi) is 60.6. The van der Waals surface area contributed by atoms with Crippen LogP contribution in [0.25, 0.3) is 0 Å². The van der Waals surface area contributed by atoms with E-state index >= 15 is 0 Å². The predicted molar refractivity (Wildman–Crippen MR) is 316 cm³/mol. The van der Waals surface area contributed by atoms with Gasteiger partial charge in [-0.3, -0.25) is 14.4 Å². The fourth-order valence-electron chi connectivity index (χ4n) is 10.0. The first-order valence-corrected chi connectivity index (χ1v) is 32.8. The van der Waals surface area contributed by atoms with Crippen molar-refractivity contribution in [3.05, 3.63) is 24.3 Å². The molecule has 0 bridgehead atoms. The van der Waals surface area contributed by atoms with E-state index in [9.17, 15) is 14.4 Å². The molecule has 1 unspecified atom stereocenters. The van der Waals surface area contributed by atoms with E-state index in [1.165, 1.54) is 263 Å². The van der Waals surface area contributed by atoms with Crippen LogP contribution in [0, 0.1) is 0 Å². The first-order chi connectivity index (χ1) is 36.0. The first-order valence-electron chi connectivity index (χ1n) is 32.8. The molecule has 0 N–H and O–H groups in total. The maximum atomic E-state index is 12.8. The third-order valence-electron chi connectivity index (χ3n) is 15.0. The zero-order valence-corrected chi connectivity index (χ0v) is 49.4. The van der Waals surface area contributed by atoms with E-state index in [2.05, 4.69) is 45.1 Å². The third kappa shape index (κ3) is 60.6. The summed E-state index contributed by atoms with van der Waals surface area (Å²) < 4.78 is 16.8. The van der Waals surface area contributed by atoms with Gasteiger partial charge in [0.1, 0.15) is 13.2 Å². The fraction of sp³-hybridized carbons (Fsp3) is 0.896. The normalized spacial score (nSPS) is 12.1. The van der Waals surface area contributed by atoms with Crippen molar-refractivity contribution in [1.82, 2.24) is 0 Å². The maximum Gasteiger partial charge on any atom is 0.306 e. The van der Waals surface area contributed by atoms with Crippen LogP contribution in [0.3, 0.4) is 0 Å². The molecule has 0 aliphatic carbocycles. The van der Waals surface area contributed by atoms with Gasteiger partial charge >= 0.3 is 17.9 Å². The number of carbonyl (C=O) groups is 3. The van der Waals surface area contributed by atoms with Crippen LogP contribution in [0.4, 0.5) is 0 Å². The molecule has 0 aromatic rings. The Balaban J connectivity index is 4.01. The van der Waals surface area contributed by atoms with Crippen LogP contribution in [-0.4, -0.2) is 37.2 Å². The van der Waals surface area contributed by atoms with Gasteiger partial charge in [0.15, 0.2) is 6.10 Å². The van der Waals surface area contributed by atoms with E-state index in [4.69, 9.17) is 14.2 Å². The first kappa shape index (κ1) is 70.9. The highest BCUT2D eigenvalue weighted by Crippen LogP contribution is 2.18. The summed E-state index contributed by atoms with van der Waals surface area (Å²) in [7, 11) is 0. The van der Waals surface area contributed by atoms with Gasteiger partial charge in [-0.2, -0.15) is 0 Å². The number of hydrogen-bond acceptors (Lipinski definition) is 6. The molecular weight excluding hydrogens is 901 g/mol. The van der Waals surface area contributed by atoms with E-state index in [1.807, 2.05) is 0 Å². The quantitative estimate of drug-likeness (QED) is 0.0261. The molecule has 0 radical (unpaired) electrons. The molecule has 0 amide bonds. The lowest BCUT2D eigenvalue weighted by molar-refractivity contribution is -0.167. The molecule has 0 aliphatic rings. The molecule has 0 saturated heterocycles. The summed E-state index contributed by atoms with van der Waals surface area (Å²) in [6, 6.07) is 0. The van der Waals surface area contributed by atoms with Crippen LogP contribution in [0.5, 0.6) is 0 Å². The second-order valence-electron chi connectivity index (χ2n) is 22.4. The fourth-order valence-corrected chi connectivity index (χ4v) is 10.0. The van der Waals surface area contributed by atoms with Crippen molar-refractivity contribution in [2.45, 2.75) is 374 Å². The van der Waals surface area contributed by atoms with Gasteiger partial charge in [0.2, 0.25) is 0 Å². The van der Waals surface area contributed by atoms with Crippen LogP contribution in [0.1, 0.15) is 367 Å². The molecule has 73 heavy (non-hydrogen) atoms. The van der Waals surface area contributed by atoms with Gasteiger partial charge < -0.3 is 14.2 Å². The summed E-state index contributed by atoms with van der Waals surface area (Å²) in [4.78, 5) is 38.0. The number of unbranched alkanes of at least 4 members (excludes halogenated alkanes) is 46. The highest BCUT2D eigenvalue weighted by atomic mass is 16.6. The Hall–Kier alpha value is -2.11. The van der Waals surface area contributed by atoms with Gasteiger partial charge in [0.25, 0.3) is 0 Å². The Labute approximate surface area is 455 Å². The van der Waals surface area contributed by atoms with Gasteiger partial charge in [-0.05, 0) is 51.4 Å². The van der Waals surface area contributed by atoms with Crippen LogP contribution in [0.2, 0.25) is 0 Å². The summed E-state index contributed by atoms with van der Waals surface area (Å²) in [5.74, 6) is -0.850. The number of rotatable bonds is 61. The molecule has 0 aliphatic heterocycles. The van der Waals surface area contributed by atoms with E-state index in [1.54, 1.807) is 0 Å². The van der Waals surface area contributed by atoms with Crippen molar-refractivity contribution >= 4 is 17.9 Å². The zero-order valence-electron chi connectivity index (χ0n) is 49.4. The minimum atomic E-state index is -0.764. The largest absolute Gasteiger partial charge is 0.462 e. The number of carbonyl (C=O) groups excluding carboxylic acids is 3. The van der Waals surface area contributed by atoms with Crippen molar-refractivity contribution in [1.29, 1.82) is 0 Å². The second kappa shape index (κ2) is 62.4. The lowest BCUT2D eigenvalue weighted by Crippen LogP contribution is -2.30. The SMILES string of the molecule is CCCCCCC/C=C\C/C=C\CCCCCCCCCCCCCCCCCC(=O)OCC(COC(=O)CCCCCCCC)OC(=O)CCCCCCCCCCCCCCCCCCCCCCCC. The topological polar surface area (TPSA) is 78.9 Å². The highest BCUT2D eigenvalue weighted by molar-refractivity contribution is 5.71. The van der Waals surface area contributed by atoms with Gasteiger partial charge in [-0.1, -0.05) is 321 Å². The molecule has 6 nitrogen and oxygen atoms in total. The molecule has 0 spiro atoms. The van der Waals surface area contributed by atoms with Gasteiger partial charge in [-0.25, -0.2) is 0 Å². The smallest absolute Gasteiger partial charge is 0.306 e. The molecule has 0 fully saturated rings. The van der Waals surface area contributed by atoms with Crippen molar-refractivity contribution in [3.63, 3.8) is 0 Å². The lowest BCUT2D eigenvalue weighted by Gasteiger charge is -2.18. The minimum Gasteiger partial charge on any atom is -0.462 e. The monoisotopic (exact) mass is 1030 g/mol.